The van der Waals surface area contributed by atoms with E-state index in [-0.39, 0.29) is 29.9 Å². The summed E-state index contributed by atoms with van der Waals surface area (Å²) in [6, 6.07) is 4.66. The monoisotopic (exact) mass is 693 g/mol. The minimum atomic E-state index is -3.75. The summed E-state index contributed by atoms with van der Waals surface area (Å²) in [5, 5.41) is 13.1. The van der Waals surface area contributed by atoms with Gasteiger partial charge in [-0.1, -0.05) is 42.9 Å². The van der Waals surface area contributed by atoms with Crippen molar-refractivity contribution in [3.63, 3.8) is 0 Å². The molecule has 1 atom stereocenters. The number of carboxylic acids is 1. The van der Waals surface area contributed by atoms with Crippen molar-refractivity contribution in [1.29, 1.82) is 0 Å². The number of aromatic nitrogens is 2. The maximum atomic E-state index is 13.5. The number of anilines is 4. The molecule has 2 aromatic rings. The second-order valence-electron chi connectivity index (χ2n) is 12.2. The highest BCUT2D eigenvalue weighted by molar-refractivity contribution is 7.92. The first kappa shape index (κ1) is 38.6. The van der Waals surface area contributed by atoms with Gasteiger partial charge in [-0.25, -0.2) is 27.9 Å². The smallest absolute Gasteiger partial charge is 0.332 e. The van der Waals surface area contributed by atoms with Gasteiger partial charge in [-0.2, -0.15) is 4.98 Å². The van der Waals surface area contributed by atoms with Crippen LogP contribution in [-0.4, -0.2) is 90.3 Å². The molecular formula is C35H47N7O6S. The van der Waals surface area contributed by atoms with E-state index in [2.05, 4.69) is 45.6 Å². The molecule has 2 heterocycles. The Morgan fingerprint density at radius 1 is 1.08 bits per heavy atom. The van der Waals surface area contributed by atoms with Gasteiger partial charge in [0.2, 0.25) is 16.0 Å². The van der Waals surface area contributed by atoms with Crippen LogP contribution in [-0.2, 0) is 26.0 Å². The molecular weight excluding hydrogens is 646 g/mol. The summed E-state index contributed by atoms with van der Waals surface area (Å²) in [5.74, 6) is -0.959. The van der Waals surface area contributed by atoms with Crippen LogP contribution in [0.15, 0.2) is 60.8 Å². The van der Waals surface area contributed by atoms with Crippen molar-refractivity contribution in [1.82, 2.24) is 14.9 Å². The van der Waals surface area contributed by atoms with Crippen molar-refractivity contribution in [3.05, 3.63) is 66.4 Å². The number of nitrogens with zero attached hydrogens (tertiary/aromatic N) is 6. The average molecular weight is 694 g/mol. The van der Waals surface area contributed by atoms with Gasteiger partial charge in [-0.3, -0.25) is 9.10 Å². The third-order valence-corrected chi connectivity index (χ3v) is 10.0. The minimum absolute atomic E-state index is 0.0198. The normalized spacial score (nSPS) is 15.9. The van der Waals surface area contributed by atoms with E-state index in [0.29, 0.717) is 43.1 Å². The van der Waals surface area contributed by atoms with E-state index in [4.69, 9.17) is 0 Å². The number of aliphatic carboxylic acids is 1. The summed E-state index contributed by atoms with van der Waals surface area (Å²) >= 11 is 0. The van der Waals surface area contributed by atoms with Gasteiger partial charge in [0.05, 0.1) is 18.1 Å². The number of benzene rings is 1. The standard InChI is InChI=1S/C30H43N7O6S.C5H4/c1-7-35(8-2)28-31-19-24(37(20(3)4)44(6,42)43)25(33-28)32-23(26(38)39)18-21-12-14-22(15-13-21)36-27(40)30(34(5)29(36)41)16-10-9-11-17-30;1-3-5-4-2/h12-15,19-20,23H,7-11,16-18H2,1-6H3,(H,38,39)(H,31,32,33);1-2H2/t23-;/m0./s1. The zero-order chi connectivity index (χ0) is 36.5. The number of sulfonamides is 1. The van der Waals surface area contributed by atoms with Gasteiger partial charge in [0.1, 0.15) is 17.3 Å². The van der Waals surface area contributed by atoms with Gasteiger partial charge in [-0.05, 0) is 77.1 Å². The van der Waals surface area contributed by atoms with E-state index in [9.17, 15) is 27.9 Å². The molecule has 0 bridgehead atoms. The number of imide groups is 1. The Morgan fingerprint density at radius 2 is 1.67 bits per heavy atom. The Kier molecular flexibility index (Phi) is 13.0. The Morgan fingerprint density at radius 3 is 2.14 bits per heavy atom. The fourth-order valence-electron chi connectivity index (χ4n) is 6.26. The second kappa shape index (κ2) is 16.5. The maximum absolute atomic E-state index is 13.5. The van der Waals surface area contributed by atoms with Crippen LogP contribution in [0.3, 0.4) is 0 Å². The molecule has 1 aromatic carbocycles. The molecule has 0 unspecified atom stereocenters. The topological polar surface area (TPSA) is 156 Å². The molecule has 4 rings (SSSR count). The van der Waals surface area contributed by atoms with E-state index in [0.717, 1.165) is 29.8 Å². The van der Waals surface area contributed by atoms with Crippen LogP contribution in [0.2, 0.25) is 0 Å². The number of likely N-dealkylation sites (N-methyl/N-ethyl adjacent to an activating group) is 1. The van der Waals surface area contributed by atoms with Crippen LogP contribution in [0.5, 0.6) is 0 Å². The lowest BCUT2D eigenvalue weighted by Crippen LogP contribution is -2.49. The summed E-state index contributed by atoms with van der Waals surface area (Å²) in [6.45, 7) is 14.9. The van der Waals surface area contributed by atoms with Crippen molar-refractivity contribution >= 4 is 51.1 Å². The number of rotatable bonds is 12. The lowest BCUT2D eigenvalue weighted by molar-refractivity contribution is -0.137. The summed E-state index contributed by atoms with van der Waals surface area (Å²) in [7, 11) is -2.07. The Balaban J connectivity index is 0.00000121. The summed E-state index contributed by atoms with van der Waals surface area (Å²) in [4.78, 5) is 52.7. The van der Waals surface area contributed by atoms with E-state index < -0.39 is 33.6 Å². The molecule has 2 N–H and O–H groups in total. The van der Waals surface area contributed by atoms with Gasteiger partial charge in [0.25, 0.3) is 5.91 Å². The van der Waals surface area contributed by atoms with E-state index in [1.54, 1.807) is 50.1 Å². The fraction of sp³-hybridized carbons (Fsp3) is 0.486. The molecule has 13 nitrogen and oxygen atoms in total. The number of carbonyl (C=O) groups is 3. The summed E-state index contributed by atoms with van der Waals surface area (Å²) in [6.07, 6.45) is 6.61. The quantitative estimate of drug-likeness (QED) is 0.230. The first-order valence-electron chi connectivity index (χ1n) is 16.3. The van der Waals surface area contributed by atoms with Crippen LogP contribution in [0.4, 0.5) is 27.9 Å². The van der Waals surface area contributed by atoms with Crippen molar-refractivity contribution in [3.8, 4) is 0 Å². The molecule has 264 valence electrons. The van der Waals surface area contributed by atoms with Gasteiger partial charge in [-0.15, -0.1) is 0 Å². The van der Waals surface area contributed by atoms with Crippen LogP contribution in [0, 0.1) is 0 Å². The zero-order valence-corrected chi connectivity index (χ0v) is 30.0. The van der Waals surface area contributed by atoms with Crippen LogP contribution in [0.25, 0.3) is 0 Å². The number of carbonyl (C=O) groups excluding carboxylic acids is 2. The highest BCUT2D eigenvalue weighted by Gasteiger charge is 2.56. The highest BCUT2D eigenvalue weighted by atomic mass is 32.2. The predicted octanol–water partition coefficient (Wildman–Crippen LogP) is 4.97. The molecule has 1 saturated carbocycles. The molecule has 2 fully saturated rings. The molecule has 1 aromatic heterocycles. The van der Waals surface area contributed by atoms with Crippen molar-refractivity contribution < 1.29 is 27.9 Å². The number of nitrogens with one attached hydrogen (secondary N) is 1. The Labute approximate surface area is 289 Å². The molecule has 1 aliphatic carbocycles. The van der Waals surface area contributed by atoms with Crippen LogP contribution >= 0.6 is 0 Å². The van der Waals surface area contributed by atoms with Crippen LogP contribution < -0.4 is 19.4 Å². The largest absolute Gasteiger partial charge is 0.480 e. The Bertz CT molecular complexity index is 1720. The zero-order valence-electron chi connectivity index (χ0n) is 29.2. The number of amides is 3. The third kappa shape index (κ3) is 8.60. The van der Waals surface area contributed by atoms with Gasteiger partial charge in [0.15, 0.2) is 5.82 Å². The first-order chi connectivity index (χ1) is 23.2. The molecule has 1 spiro atoms. The molecule has 1 saturated heterocycles. The maximum Gasteiger partial charge on any atom is 0.332 e. The summed E-state index contributed by atoms with van der Waals surface area (Å²) in [5.41, 5.74) is 7.48. The van der Waals surface area contributed by atoms with E-state index in [1.165, 1.54) is 11.1 Å². The second-order valence-corrected chi connectivity index (χ2v) is 14.0. The lowest BCUT2D eigenvalue weighted by atomic mass is 9.80. The molecule has 2 aliphatic rings. The lowest BCUT2D eigenvalue weighted by Gasteiger charge is -2.35. The summed E-state index contributed by atoms with van der Waals surface area (Å²) < 4.78 is 26.6. The first-order valence-corrected chi connectivity index (χ1v) is 18.1. The number of hydrogen-bond acceptors (Lipinski definition) is 9. The van der Waals surface area contributed by atoms with Gasteiger partial charge in [0, 0.05) is 32.6 Å². The predicted molar refractivity (Wildman–Crippen MR) is 191 cm³/mol. The Hall–Kier alpha value is -4.86. The van der Waals surface area contributed by atoms with E-state index >= 15 is 0 Å². The number of hydrogen-bond donors (Lipinski definition) is 2. The van der Waals surface area contributed by atoms with E-state index in [1.807, 2.05) is 18.7 Å². The molecule has 14 heteroatoms. The molecule has 1 aliphatic heterocycles. The number of urea groups is 1. The van der Waals surface area contributed by atoms with Crippen molar-refractivity contribution in [2.45, 2.75) is 83.8 Å². The van der Waals surface area contributed by atoms with Gasteiger partial charge >= 0.3 is 12.0 Å². The minimum Gasteiger partial charge on any atom is -0.480 e. The molecule has 49 heavy (non-hydrogen) atoms. The van der Waals surface area contributed by atoms with Crippen LogP contribution in [0.1, 0.15) is 65.4 Å². The number of carboxylic acid groups (broad SMARTS) is 1. The third-order valence-electron chi connectivity index (χ3n) is 8.69. The molecule has 3 amide bonds. The average Bonchev–Trinajstić information content (AvgIpc) is 3.22. The highest BCUT2D eigenvalue weighted by Crippen LogP contribution is 2.41. The van der Waals surface area contributed by atoms with Crippen molar-refractivity contribution in [2.75, 3.05) is 45.8 Å². The van der Waals surface area contributed by atoms with Gasteiger partial charge < -0.3 is 20.2 Å². The fourth-order valence-corrected chi connectivity index (χ4v) is 7.52. The molecule has 0 radical (unpaired) electrons. The SMILES string of the molecule is C=C=C=C=C.CCN(CC)c1ncc(N(C(C)C)S(C)(=O)=O)c(N[C@@H](Cc2ccc(N3C(=O)N(C)C4(CCCCC4)C3=O)cc2)C(=O)O)n1. The van der Waals surface area contributed by atoms with Crippen molar-refractivity contribution in [2.24, 2.45) is 0 Å².